The molecule has 0 aliphatic rings. The van der Waals surface area contributed by atoms with E-state index >= 15 is 0 Å². The van der Waals surface area contributed by atoms with Gasteiger partial charge in [0, 0.05) is 30.8 Å². The van der Waals surface area contributed by atoms with E-state index < -0.39 is 0 Å². The summed E-state index contributed by atoms with van der Waals surface area (Å²) in [5.41, 5.74) is 1.82. The summed E-state index contributed by atoms with van der Waals surface area (Å²) in [6, 6.07) is 12.2. The third-order valence-electron chi connectivity index (χ3n) is 3.16. The molecule has 0 bridgehead atoms. The number of nitro groups is 1. The first-order chi connectivity index (χ1) is 10.1. The van der Waals surface area contributed by atoms with Crippen molar-refractivity contribution in [2.24, 2.45) is 0 Å². The Morgan fingerprint density at radius 1 is 1.33 bits per heavy atom. The number of rotatable bonds is 6. The van der Waals surface area contributed by atoms with Gasteiger partial charge in [0.25, 0.3) is 5.69 Å². The quantitative estimate of drug-likeness (QED) is 0.653. The normalized spacial score (nSPS) is 11.9. The molecule has 6 heteroatoms. The van der Waals surface area contributed by atoms with Crippen molar-refractivity contribution in [3.05, 3.63) is 63.8 Å². The molecular formula is C15H17N3O3. The minimum absolute atomic E-state index is 0.0158. The number of ether oxygens (including phenoxy) is 1. The van der Waals surface area contributed by atoms with Gasteiger partial charge in [-0.1, -0.05) is 18.2 Å². The van der Waals surface area contributed by atoms with E-state index in [1.807, 2.05) is 25.1 Å². The zero-order valence-electron chi connectivity index (χ0n) is 11.9. The maximum atomic E-state index is 10.8. The summed E-state index contributed by atoms with van der Waals surface area (Å²) in [5, 5.41) is 14.1. The van der Waals surface area contributed by atoms with Gasteiger partial charge in [0.15, 0.2) is 0 Å². The Morgan fingerprint density at radius 3 is 2.81 bits per heavy atom. The van der Waals surface area contributed by atoms with Crippen LogP contribution in [0, 0.1) is 10.1 Å². The van der Waals surface area contributed by atoms with Gasteiger partial charge in [0.2, 0.25) is 5.88 Å². The van der Waals surface area contributed by atoms with Gasteiger partial charge >= 0.3 is 0 Å². The summed E-state index contributed by atoms with van der Waals surface area (Å²) in [6.45, 7) is 2.51. The summed E-state index contributed by atoms with van der Waals surface area (Å²) in [4.78, 5) is 14.7. The van der Waals surface area contributed by atoms with Crippen LogP contribution >= 0.6 is 0 Å². The molecule has 0 aliphatic heterocycles. The van der Waals surface area contributed by atoms with Crippen LogP contribution in [0.4, 0.5) is 5.69 Å². The lowest BCUT2D eigenvalue weighted by Gasteiger charge is -2.14. The zero-order chi connectivity index (χ0) is 15.2. The number of methoxy groups -OCH3 is 1. The van der Waals surface area contributed by atoms with Gasteiger partial charge in [-0.3, -0.25) is 10.1 Å². The number of nitro benzene ring substituents is 1. The molecule has 0 spiro atoms. The molecule has 2 aromatic rings. The van der Waals surface area contributed by atoms with Gasteiger partial charge in [0.1, 0.15) is 0 Å². The van der Waals surface area contributed by atoms with Crippen molar-refractivity contribution >= 4 is 5.69 Å². The first kappa shape index (κ1) is 14.9. The van der Waals surface area contributed by atoms with Gasteiger partial charge in [-0.05, 0) is 18.6 Å². The van der Waals surface area contributed by atoms with Gasteiger partial charge in [-0.15, -0.1) is 0 Å². The molecule has 0 aliphatic carbocycles. The highest BCUT2D eigenvalue weighted by Gasteiger charge is 2.10. The Kier molecular flexibility index (Phi) is 4.84. The van der Waals surface area contributed by atoms with Crippen molar-refractivity contribution < 1.29 is 9.66 Å². The van der Waals surface area contributed by atoms with Gasteiger partial charge in [-0.25, -0.2) is 4.98 Å². The van der Waals surface area contributed by atoms with Crippen molar-refractivity contribution in [1.29, 1.82) is 0 Å². The molecule has 110 valence electrons. The Bertz CT molecular complexity index is 631. The Morgan fingerprint density at radius 2 is 2.10 bits per heavy atom. The largest absolute Gasteiger partial charge is 0.481 e. The number of aromatic nitrogens is 1. The highest BCUT2D eigenvalue weighted by molar-refractivity contribution is 5.35. The molecule has 1 atom stereocenters. The predicted molar refractivity (Wildman–Crippen MR) is 79.1 cm³/mol. The summed E-state index contributed by atoms with van der Waals surface area (Å²) >= 11 is 0. The number of nitrogens with zero attached hydrogens (tertiary/aromatic N) is 2. The summed E-state index contributed by atoms with van der Waals surface area (Å²) in [5.74, 6) is 0.567. The fraction of sp³-hybridized carbons (Fsp3) is 0.267. The topological polar surface area (TPSA) is 77.3 Å². The standard InChI is InChI=1S/C15H17N3O3/c1-11(12-5-3-7-14(9-12)18(19)20)16-10-13-6-4-8-15(17-13)21-2/h3-9,11,16H,10H2,1-2H3. The first-order valence-corrected chi connectivity index (χ1v) is 6.58. The molecule has 21 heavy (non-hydrogen) atoms. The molecule has 1 aromatic carbocycles. The molecular weight excluding hydrogens is 270 g/mol. The third-order valence-corrected chi connectivity index (χ3v) is 3.16. The van der Waals surface area contributed by atoms with Crippen LogP contribution in [0.3, 0.4) is 0 Å². The Hall–Kier alpha value is -2.47. The van der Waals surface area contributed by atoms with E-state index in [-0.39, 0.29) is 16.7 Å². The molecule has 1 unspecified atom stereocenters. The first-order valence-electron chi connectivity index (χ1n) is 6.58. The number of hydrogen-bond donors (Lipinski definition) is 1. The van der Waals surface area contributed by atoms with Crippen molar-refractivity contribution in [3.63, 3.8) is 0 Å². The van der Waals surface area contributed by atoms with Crippen molar-refractivity contribution in [1.82, 2.24) is 10.3 Å². The molecule has 2 rings (SSSR count). The lowest BCUT2D eigenvalue weighted by Crippen LogP contribution is -2.18. The Balaban J connectivity index is 2.02. The predicted octanol–water partition coefficient (Wildman–Crippen LogP) is 2.85. The SMILES string of the molecule is COc1cccc(CNC(C)c2cccc([N+](=O)[O-])c2)n1. The molecule has 6 nitrogen and oxygen atoms in total. The number of nitrogens with one attached hydrogen (secondary N) is 1. The maximum absolute atomic E-state index is 10.8. The number of hydrogen-bond acceptors (Lipinski definition) is 5. The highest BCUT2D eigenvalue weighted by Crippen LogP contribution is 2.19. The van der Waals surface area contributed by atoms with Crippen LogP contribution in [0.5, 0.6) is 5.88 Å². The van der Waals surface area contributed by atoms with Crippen LogP contribution in [-0.4, -0.2) is 17.0 Å². The maximum Gasteiger partial charge on any atom is 0.269 e. The number of benzene rings is 1. The van der Waals surface area contributed by atoms with E-state index in [0.29, 0.717) is 12.4 Å². The second-order valence-corrected chi connectivity index (χ2v) is 4.63. The van der Waals surface area contributed by atoms with Crippen LogP contribution in [0.25, 0.3) is 0 Å². The van der Waals surface area contributed by atoms with E-state index in [1.165, 1.54) is 6.07 Å². The fourth-order valence-corrected chi connectivity index (χ4v) is 1.95. The van der Waals surface area contributed by atoms with Gasteiger partial charge in [-0.2, -0.15) is 0 Å². The van der Waals surface area contributed by atoms with Gasteiger partial charge in [0.05, 0.1) is 17.7 Å². The summed E-state index contributed by atoms with van der Waals surface area (Å²) in [7, 11) is 1.57. The number of pyridine rings is 1. The van der Waals surface area contributed by atoms with Crippen LogP contribution in [0.15, 0.2) is 42.5 Å². The van der Waals surface area contributed by atoms with Crippen LogP contribution in [0.2, 0.25) is 0 Å². The molecule has 1 N–H and O–H groups in total. The average molecular weight is 287 g/mol. The third kappa shape index (κ3) is 4.00. The van der Waals surface area contributed by atoms with Crippen molar-refractivity contribution in [2.45, 2.75) is 19.5 Å². The summed E-state index contributed by atoms with van der Waals surface area (Å²) < 4.78 is 5.07. The Labute approximate surface area is 122 Å². The van der Waals surface area contributed by atoms with E-state index in [1.54, 1.807) is 25.3 Å². The van der Waals surface area contributed by atoms with Crippen LogP contribution in [-0.2, 0) is 6.54 Å². The van der Waals surface area contributed by atoms with Gasteiger partial charge < -0.3 is 10.1 Å². The molecule has 0 saturated heterocycles. The smallest absolute Gasteiger partial charge is 0.269 e. The fourth-order valence-electron chi connectivity index (χ4n) is 1.95. The molecule has 0 saturated carbocycles. The van der Waals surface area contributed by atoms with Crippen molar-refractivity contribution in [3.8, 4) is 5.88 Å². The lowest BCUT2D eigenvalue weighted by atomic mass is 10.1. The van der Waals surface area contributed by atoms with Crippen molar-refractivity contribution in [2.75, 3.05) is 7.11 Å². The zero-order valence-corrected chi connectivity index (χ0v) is 11.9. The number of non-ortho nitro benzene ring substituents is 1. The van der Waals surface area contributed by atoms with E-state index in [9.17, 15) is 10.1 Å². The monoisotopic (exact) mass is 287 g/mol. The molecule has 0 radical (unpaired) electrons. The van der Waals surface area contributed by atoms with E-state index in [0.717, 1.165) is 11.3 Å². The summed E-state index contributed by atoms with van der Waals surface area (Å²) in [6.07, 6.45) is 0. The van der Waals surface area contributed by atoms with E-state index in [2.05, 4.69) is 10.3 Å². The second kappa shape index (κ2) is 6.81. The molecule has 0 fully saturated rings. The highest BCUT2D eigenvalue weighted by atomic mass is 16.6. The van der Waals surface area contributed by atoms with Crippen LogP contribution in [0.1, 0.15) is 24.2 Å². The molecule has 1 heterocycles. The lowest BCUT2D eigenvalue weighted by molar-refractivity contribution is -0.384. The molecule has 1 aromatic heterocycles. The van der Waals surface area contributed by atoms with Crippen LogP contribution < -0.4 is 10.1 Å². The average Bonchev–Trinajstić information content (AvgIpc) is 2.53. The van der Waals surface area contributed by atoms with E-state index in [4.69, 9.17) is 4.74 Å². The minimum Gasteiger partial charge on any atom is -0.481 e. The minimum atomic E-state index is -0.389. The molecule has 0 amide bonds. The second-order valence-electron chi connectivity index (χ2n) is 4.63.